The second-order valence-electron chi connectivity index (χ2n) is 7.88. The maximum Gasteiger partial charge on any atom is 0.243 e. The Morgan fingerprint density at radius 2 is 1.73 bits per heavy atom. The van der Waals surface area contributed by atoms with Crippen molar-refractivity contribution in [3.63, 3.8) is 0 Å². The SMILES string of the molecule is O=C(C[C@@H]1C[C@H]2CC[C@@H]1C2)N1CCN(S(=O)(=O)c2ccc(Cl)cc2)CC1. The number of sulfonamides is 1. The average Bonchev–Trinajstić information content (AvgIpc) is 3.25. The minimum atomic E-state index is -3.52. The van der Waals surface area contributed by atoms with Gasteiger partial charge in [0.1, 0.15) is 0 Å². The van der Waals surface area contributed by atoms with Gasteiger partial charge in [0.2, 0.25) is 15.9 Å². The molecular formula is C19H25ClN2O3S. The second-order valence-corrected chi connectivity index (χ2v) is 10.3. The van der Waals surface area contributed by atoms with Crippen molar-refractivity contribution >= 4 is 27.5 Å². The summed E-state index contributed by atoms with van der Waals surface area (Å²) < 4.78 is 26.9. The van der Waals surface area contributed by atoms with E-state index in [0.717, 1.165) is 11.8 Å². The van der Waals surface area contributed by atoms with E-state index in [9.17, 15) is 13.2 Å². The van der Waals surface area contributed by atoms with E-state index >= 15 is 0 Å². The Labute approximate surface area is 160 Å². The smallest absolute Gasteiger partial charge is 0.243 e. The zero-order chi connectivity index (χ0) is 18.3. The molecule has 5 nitrogen and oxygen atoms in total. The molecule has 26 heavy (non-hydrogen) atoms. The van der Waals surface area contributed by atoms with Gasteiger partial charge >= 0.3 is 0 Å². The van der Waals surface area contributed by atoms with Crippen molar-refractivity contribution in [2.45, 2.75) is 37.0 Å². The van der Waals surface area contributed by atoms with Crippen LogP contribution in [-0.2, 0) is 14.8 Å². The minimum absolute atomic E-state index is 0.200. The molecule has 0 radical (unpaired) electrons. The maximum absolute atomic E-state index is 12.7. The zero-order valence-electron chi connectivity index (χ0n) is 14.8. The van der Waals surface area contributed by atoms with Crippen molar-refractivity contribution in [1.29, 1.82) is 0 Å². The fraction of sp³-hybridized carbons (Fsp3) is 0.632. The van der Waals surface area contributed by atoms with Crippen molar-refractivity contribution in [3.05, 3.63) is 29.3 Å². The molecule has 1 aliphatic heterocycles. The van der Waals surface area contributed by atoms with Crippen LogP contribution in [0.4, 0.5) is 0 Å². The number of carbonyl (C=O) groups excluding carboxylic acids is 1. The van der Waals surface area contributed by atoms with Crippen molar-refractivity contribution in [2.24, 2.45) is 17.8 Å². The number of hydrogen-bond donors (Lipinski definition) is 0. The van der Waals surface area contributed by atoms with Gasteiger partial charge in [0.25, 0.3) is 0 Å². The summed E-state index contributed by atoms with van der Waals surface area (Å²) in [5.74, 6) is 2.35. The fourth-order valence-electron chi connectivity index (χ4n) is 4.91. The third kappa shape index (κ3) is 3.51. The van der Waals surface area contributed by atoms with Crippen LogP contribution >= 0.6 is 11.6 Å². The Morgan fingerprint density at radius 3 is 2.31 bits per heavy atom. The van der Waals surface area contributed by atoms with Crippen LogP contribution in [0.1, 0.15) is 32.1 Å². The first kappa shape index (κ1) is 18.3. The molecule has 2 saturated carbocycles. The first-order valence-corrected chi connectivity index (χ1v) is 11.3. The lowest BCUT2D eigenvalue weighted by atomic mass is 9.86. The van der Waals surface area contributed by atoms with Crippen LogP contribution < -0.4 is 0 Å². The molecule has 1 aromatic rings. The second kappa shape index (κ2) is 7.13. The number of amides is 1. The monoisotopic (exact) mass is 396 g/mol. The van der Waals surface area contributed by atoms with Crippen LogP contribution in [0.25, 0.3) is 0 Å². The number of fused-ring (bicyclic) bond motifs is 2. The third-order valence-corrected chi connectivity index (χ3v) is 8.53. The summed E-state index contributed by atoms with van der Waals surface area (Å²) in [5, 5.41) is 0.514. The molecule has 3 fully saturated rings. The van der Waals surface area contributed by atoms with Gasteiger partial charge in [-0.1, -0.05) is 18.0 Å². The number of piperazine rings is 1. The fourth-order valence-corrected chi connectivity index (χ4v) is 6.46. The summed E-state index contributed by atoms with van der Waals surface area (Å²) in [6.45, 7) is 1.67. The summed E-state index contributed by atoms with van der Waals surface area (Å²) in [6.07, 6.45) is 5.80. The van der Waals surface area contributed by atoms with E-state index < -0.39 is 10.0 Å². The highest BCUT2D eigenvalue weighted by molar-refractivity contribution is 7.89. The number of carbonyl (C=O) groups is 1. The summed E-state index contributed by atoms with van der Waals surface area (Å²) in [7, 11) is -3.52. The predicted octanol–water partition coefficient (Wildman–Crippen LogP) is 3.00. The van der Waals surface area contributed by atoms with Gasteiger partial charge in [-0.3, -0.25) is 4.79 Å². The maximum atomic E-state index is 12.7. The van der Waals surface area contributed by atoms with E-state index in [4.69, 9.17) is 11.6 Å². The van der Waals surface area contributed by atoms with E-state index in [0.29, 0.717) is 43.5 Å². The Bertz CT molecular complexity index is 772. The van der Waals surface area contributed by atoms with E-state index in [1.807, 2.05) is 4.90 Å². The van der Waals surface area contributed by atoms with Gasteiger partial charge in [0, 0.05) is 37.6 Å². The van der Waals surface area contributed by atoms with Gasteiger partial charge in [-0.25, -0.2) is 8.42 Å². The van der Waals surface area contributed by atoms with Gasteiger partial charge in [0.05, 0.1) is 4.90 Å². The Hall–Kier alpha value is -1.11. The molecular weight excluding hydrogens is 372 g/mol. The number of hydrogen-bond acceptors (Lipinski definition) is 3. The molecule has 2 bridgehead atoms. The molecule has 0 N–H and O–H groups in total. The van der Waals surface area contributed by atoms with Crippen LogP contribution in [0, 0.1) is 17.8 Å². The highest BCUT2D eigenvalue weighted by atomic mass is 35.5. The molecule has 4 rings (SSSR count). The van der Waals surface area contributed by atoms with Crippen LogP contribution in [-0.4, -0.2) is 49.7 Å². The quantitative estimate of drug-likeness (QED) is 0.786. The van der Waals surface area contributed by atoms with Gasteiger partial charge in [-0.15, -0.1) is 0 Å². The molecule has 3 aliphatic rings. The molecule has 1 aromatic carbocycles. The molecule has 1 heterocycles. The van der Waals surface area contributed by atoms with Crippen LogP contribution in [0.5, 0.6) is 0 Å². The van der Waals surface area contributed by atoms with E-state index in [-0.39, 0.29) is 10.8 Å². The molecule has 2 aliphatic carbocycles. The van der Waals surface area contributed by atoms with Crippen molar-refractivity contribution in [3.8, 4) is 0 Å². The summed E-state index contributed by atoms with van der Waals surface area (Å²) in [4.78, 5) is 14.7. The Balaban J connectivity index is 1.33. The molecule has 0 aromatic heterocycles. The molecule has 3 atom stereocenters. The molecule has 0 spiro atoms. The van der Waals surface area contributed by atoms with Crippen LogP contribution in [0.2, 0.25) is 5.02 Å². The number of halogens is 1. The normalized spacial score (nSPS) is 29.3. The van der Waals surface area contributed by atoms with Gasteiger partial charge in [0.15, 0.2) is 0 Å². The molecule has 142 valence electrons. The van der Waals surface area contributed by atoms with Crippen molar-refractivity contribution in [1.82, 2.24) is 9.21 Å². The highest BCUT2D eigenvalue weighted by Crippen LogP contribution is 2.49. The number of rotatable bonds is 4. The standard InChI is InChI=1S/C19H25ClN2O3S/c20-17-3-5-18(6-4-17)26(24,25)22-9-7-21(8-10-22)19(23)13-16-12-14-1-2-15(16)11-14/h3-6,14-16H,1-2,7-13H2/t14-,15+,16-/m0/s1. The molecule has 7 heteroatoms. The lowest BCUT2D eigenvalue weighted by Crippen LogP contribution is -2.50. The van der Waals surface area contributed by atoms with Gasteiger partial charge in [-0.2, -0.15) is 4.31 Å². The summed E-state index contributed by atoms with van der Waals surface area (Å²) in [6, 6.07) is 6.24. The number of benzene rings is 1. The summed E-state index contributed by atoms with van der Waals surface area (Å²) in [5.41, 5.74) is 0. The lowest BCUT2D eigenvalue weighted by Gasteiger charge is -2.35. The first-order chi connectivity index (χ1) is 12.4. The van der Waals surface area contributed by atoms with Crippen LogP contribution in [0.3, 0.4) is 0 Å². The lowest BCUT2D eigenvalue weighted by molar-refractivity contribution is -0.133. The zero-order valence-corrected chi connectivity index (χ0v) is 16.4. The van der Waals surface area contributed by atoms with Gasteiger partial charge < -0.3 is 4.90 Å². The first-order valence-electron chi connectivity index (χ1n) is 9.47. The van der Waals surface area contributed by atoms with Crippen molar-refractivity contribution < 1.29 is 13.2 Å². The van der Waals surface area contributed by atoms with Crippen molar-refractivity contribution in [2.75, 3.05) is 26.2 Å². The van der Waals surface area contributed by atoms with E-state index in [1.165, 1.54) is 42.1 Å². The van der Waals surface area contributed by atoms with E-state index in [1.54, 1.807) is 12.1 Å². The van der Waals surface area contributed by atoms with Crippen LogP contribution in [0.15, 0.2) is 29.2 Å². The molecule has 1 saturated heterocycles. The minimum Gasteiger partial charge on any atom is -0.340 e. The topological polar surface area (TPSA) is 57.7 Å². The third-order valence-electron chi connectivity index (χ3n) is 6.36. The average molecular weight is 397 g/mol. The Kier molecular flexibility index (Phi) is 5.01. The Morgan fingerprint density at radius 1 is 1.04 bits per heavy atom. The number of nitrogens with zero attached hydrogens (tertiary/aromatic N) is 2. The predicted molar refractivity (Wildman–Crippen MR) is 100 cm³/mol. The largest absolute Gasteiger partial charge is 0.340 e. The molecule has 0 unspecified atom stereocenters. The summed E-state index contributed by atoms with van der Waals surface area (Å²) >= 11 is 5.84. The highest BCUT2D eigenvalue weighted by Gasteiger charge is 2.41. The van der Waals surface area contributed by atoms with E-state index in [2.05, 4.69) is 0 Å². The molecule has 1 amide bonds. The van der Waals surface area contributed by atoms with Gasteiger partial charge in [-0.05, 0) is 61.3 Å².